The first-order chi connectivity index (χ1) is 9.27. The van der Waals surface area contributed by atoms with Crippen LogP contribution in [0.25, 0.3) is 0 Å². The van der Waals surface area contributed by atoms with Crippen molar-refractivity contribution in [3.05, 3.63) is 0 Å². The van der Waals surface area contributed by atoms with Crippen molar-refractivity contribution in [2.75, 3.05) is 13.1 Å². The predicted molar refractivity (Wildman–Crippen MR) is 75.2 cm³/mol. The molecule has 2 atom stereocenters. The van der Waals surface area contributed by atoms with Crippen LogP contribution >= 0.6 is 0 Å². The molecule has 1 aliphatic carbocycles. The van der Waals surface area contributed by atoms with Crippen LogP contribution in [0.1, 0.15) is 47.0 Å². The van der Waals surface area contributed by atoms with Crippen LogP contribution in [0.5, 0.6) is 0 Å². The Hall–Kier alpha value is -1.35. The summed E-state index contributed by atoms with van der Waals surface area (Å²) in [6, 6.07) is 0. The van der Waals surface area contributed by atoms with Crippen LogP contribution in [0.2, 0.25) is 0 Å². The molecule has 1 saturated carbocycles. The van der Waals surface area contributed by atoms with Crippen LogP contribution in [-0.2, 0) is 9.53 Å². The van der Waals surface area contributed by atoms with Gasteiger partial charge in [-0.1, -0.05) is 6.92 Å². The molecule has 112 valence electrons. The highest BCUT2D eigenvalue weighted by Crippen LogP contribution is 2.51. The Morgan fingerprint density at radius 2 is 2.05 bits per heavy atom. The van der Waals surface area contributed by atoms with Crippen molar-refractivity contribution < 1.29 is 14.3 Å². The zero-order valence-corrected chi connectivity index (χ0v) is 12.8. The van der Waals surface area contributed by atoms with Crippen LogP contribution in [-0.4, -0.2) is 41.3 Å². The fourth-order valence-electron chi connectivity index (χ4n) is 3.22. The maximum Gasteiger partial charge on any atom is 0.410 e. The lowest BCUT2D eigenvalue weighted by Crippen LogP contribution is -2.47. The molecule has 0 N–H and O–H groups in total. The molecular weight excluding hydrogens is 256 g/mol. The van der Waals surface area contributed by atoms with Crippen molar-refractivity contribution in [3.8, 4) is 0 Å². The number of piperidine rings is 1. The number of hydrogen-bond acceptors (Lipinski definition) is 4. The lowest BCUT2D eigenvalue weighted by molar-refractivity contribution is 0.00906. The molecule has 20 heavy (non-hydrogen) atoms. The van der Waals surface area contributed by atoms with Crippen molar-refractivity contribution in [1.29, 1.82) is 0 Å². The number of carbonyl (C=O) groups is 1. The number of nitrogens with zero attached hydrogens (tertiary/aromatic N) is 2. The lowest BCUT2D eigenvalue weighted by Gasteiger charge is -2.39. The van der Waals surface area contributed by atoms with Gasteiger partial charge in [0, 0.05) is 13.1 Å². The molecule has 0 aromatic heterocycles. The molecule has 2 fully saturated rings. The molecule has 1 heterocycles. The first-order valence-corrected chi connectivity index (χ1v) is 7.34. The van der Waals surface area contributed by atoms with E-state index in [4.69, 9.17) is 4.74 Å². The third kappa shape index (κ3) is 3.21. The normalized spacial score (nSPS) is 28.5. The van der Waals surface area contributed by atoms with E-state index in [2.05, 4.69) is 11.9 Å². The smallest absolute Gasteiger partial charge is 0.410 e. The summed E-state index contributed by atoms with van der Waals surface area (Å²) in [6.07, 6.45) is 4.31. The molecule has 2 unspecified atom stereocenters. The summed E-state index contributed by atoms with van der Waals surface area (Å²) in [6.45, 7) is 9.11. The second-order valence-electron chi connectivity index (χ2n) is 7.11. The van der Waals surface area contributed by atoms with Crippen molar-refractivity contribution in [2.45, 2.75) is 58.1 Å². The maximum absolute atomic E-state index is 12.1. The summed E-state index contributed by atoms with van der Waals surface area (Å²) in [5.74, 6) is 0.707. The average molecular weight is 280 g/mol. The Balaban J connectivity index is 1.96. The number of likely N-dealkylation sites (tertiary alicyclic amines) is 1. The minimum Gasteiger partial charge on any atom is -0.444 e. The Bertz CT molecular complexity index is 431. The van der Waals surface area contributed by atoms with E-state index in [-0.39, 0.29) is 11.6 Å². The topological polar surface area (TPSA) is 59.0 Å². The highest BCUT2D eigenvalue weighted by atomic mass is 16.6. The number of ether oxygens (including phenoxy) is 1. The number of aliphatic imine (C=N–C) groups is 1. The van der Waals surface area contributed by atoms with Gasteiger partial charge in [0.2, 0.25) is 6.08 Å². The standard InChI is InChI=1S/C15H24N2O3/c1-11-9-17(13(19)20-14(2,3)4)8-5-12(11)15(6-7-15)16-10-18/h11-12H,5-9H2,1-4H3. The first kappa shape index (κ1) is 15.0. The van der Waals surface area contributed by atoms with Gasteiger partial charge >= 0.3 is 6.09 Å². The van der Waals surface area contributed by atoms with E-state index >= 15 is 0 Å². The van der Waals surface area contributed by atoms with Gasteiger partial charge in [0.15, 0.2) is 0 Å². The van der Waals surface area contributed by atoms with Crippen LogP contribution in [0, 0.1) is 11.8 Å². The van der Waals surface area contributed by atoms with E-state index in [1.807, 2.05) is 20.8 Å². The van der Waals surface area contributed by atoms with Crippen LogP contribution in [0.15, 0.2) is 4.99 Å². The molecule has 0 aromatic carbocycles. The number of carbonyl (C=O) groups excluding carboxylic acids is 2. The van der Waals surface area contributed by atoms with E-state index in [0.717, 1.165) is 19.3 Å². The minimum atomic E-state index is -0.462. The summed E-state index contributed by atoms with van der Waals surface area (Å²) < 4.78 is 5.41. The number of amides is 1. The van der Waals surface area contributed by atoms with Crippen LogP contribution in [0.4, 0.5) is 4.79 Å². The number of rotatable bonds is 2. The average Bonchev–Trinajstić information content (AvgIpc) is 3.07. The van der Waals surface area contributed by atoms with Gasteiger partial charge in [0.05, 0.1) is 5.54 Å². The molecule has 0 aromatic rings. The molecule has 5 heteroatoms. The summed E-state index contributed by atoms with van der Waals surface area (Å²) in [5.41, 5.74) is -0.641. The zero-order chi connectivity index (χ0) is 15.0. The van der Waals surface area contributed by atoms with Gasteiger partial charge < -0.3 is 9.64 Å². The molecule has 2 aliphatic rings. The fourth-order valence-corrected chi connectivity index (χ4v) is 3.22. The second-order valence-corrected chi connectivity index (χ2v) is 7.11. The molecule has 5 nitrogen and oxygen atoms in total. The van der Waals surface area contributed by atoms with Crippen molar-refractivity contribution in [1.82, 2.24) is 4.90 Å². The third-order valence-corrected chi connectivity index (χ3v) is 4.28. The maximum atomic E-state index is 12.1. The summed E-state index contributed by atoms with van der Waals surface area (Å²) in [7, 11) is 0. The zero-order valence-electron chi connectivity index (χ0n) is 12.8. The molecule has 0 spiro atoms. The molecule has 1 saturated heterocycles. The van der Waals surface area contributed by atoms with Gasteiger partial charge in [-0.25, -0.2) is 9.59 Å². The van der Waals surface area contributed by atoms with E-state index in [9.17, 15) is 9.59 Å². The van der Waals surface area contributed by atoms with Crippen molar-refractivity contribution >= 4 is 12.2 Å². The molecule has 1 amide bonds. The molecule has 2 rings (SSSR count). The summed E-state index contributed by atoms with van der Waals surface area (Å²) >= 11 is 0. The van der Waals surface area contributed by atoms with E-state index in [1.165, 1.54) is 0 Å². The Morgan fingerprint density at radius 1 is 1.40 bits per heavy atom. The molecular formula is C15H24N2O3. The summed E-state index contributed by atoms with van der Waals surface area (Å²) in [5, 5.41) is 0. The summed E-state index contributed by atoms with van der Waals surface area (Å²) in [4.78, 5) is 28.4. The lowest BCUT2D eigenvalue weighted by atomic mass is 9.80. The largest absolute Gasteiger partial charge is 0.444 e. The predicted octanol–water partition coefficient (Wildman–Crippen LogP) is 2.75. The van der Waals surface area contributed by atoms with Crippen LogP contribution in [0.3, 0.4) is 0 Å². The van der Waals surface area contributed by atoms with E-state index in [0.29, 0.717) is 24.9 Å². The van der Waals surface area contributed by atoms with E-state index < -0.39 is 5.60 Å². The molecule has 0 radical (unpaired) electrons. The van der Waals surface area contributed by atoms with Gasteiger partial charge in [-0.15, -0.1) is 0 Å². The van der Waals surface area contributed by atoms with Crippen molar-refractivity contribution in [3.63, 3.8) is 0 Å². The van der Waals surface area contributed by atoms with Gasteiger partial charge in [-0.3, -0.25) is 0 Å². The second kappa shape index (κ2) is 5.21. The van der Waals surface area contributed by atoms with Gasteiger partial charge in [0.1, 0.15) is 5.60 Å². The Kier molecular flexibility index (Phi) is 3.92. The minimum absolute atomic E-state index is 0.179. The van der Waals surface area contributed by atoms with Gasteiger partial charge in [-0.05, 0) is 51.9 Å². The highest BCUT2D eigenvalue weighted by Gasteiger charge is 2.53. The Morgan fingerprint density at radius 3 is 2.50 bits per heavy atom. The fraction of sp³-hybridized carbons (Fsp3) is 0.867. The molecule has 0 bridgehead atoms. The number of isocyanates is 1. The SMILES string of the molecule is CC1CN(C(=O)OC(C)(C)C)CCC1C1(N=C=O)CC1. The highest BCUT2D eigenvalue weighted by molar-refractivity contribution is 5.68. The van der Waals surface area contributed by atoms with Crippen LogP contribution < -0.4 is 0 Å². The third-order valence-electron chi connectivity index (χ3n) is 4.28. The van der Waals surface area contributed by atoms with E-state index in [1.54, 1.807) is 11.0 Å². The van der Waals surface area contributed by atoms with Gasteiger partial charge in [-0.2, -0.15) is 4.99 Å². The number of hydrogen-bond donors (Lipinski definition) is 0. The quantitative estimate of drug-likeness (QED) is 0.577. The first-order valence-electron chi connectivity index (χ1n) is 7.34. The Labute approximate surface area is 120 Å². The van der Waals surface area contributed by atoms with Crippen molar-refractivity contribution in [2.24, 2.45) is 16.8 Å². The monoisotopic (exact) mass is 280 g/mol. The molecule has 1 aliphatic heterocycles. The van der Waals surface area contributed by atoms with Gasteiger partial charge in [0.25, 0.3) is 0 Å².